The maximum atomic E-state index is 9.90. The van der Waals surface area contributed by atoms with Crippen LogP contribution < -0.4 is 5.32 Å². The van der Waals surface area contributed by atoms with Gasteiger partial charge in [-0.25, -0.2) is 0 Å². The highest BCUT2D eigenvalue weighted by atomic mass is 16.5. The minimum atomic E-state index is -0.433. The van der Waals surface area contributed by atoms with Crippen molar-refractivity contribution in [2.75, 3.05) is 6.61 Å². The Labute approximate surface area is 119 Å². The second kappa shape index (κ2) is 6.20. The summed E-state index contributed by atoms with van der Waals surface area (Å²) in [5.41, 5.74) is 2.62. The number of benzene rings is 1. The first-order chi connectivity index (χ1) is 9.63. The van der Waals surface area contributed by atoms with Crippen LogP contribution in [0, 0.1) is 13.8 Å². The van der Waals surface area contributed by atoms with E-state index < -0.39 is 5.54 Å². The lowest BCUT2D eigenvalue weighted by Gasteiger charge is -2.33. The number of aliphatic hydroxyl groups excluding tert-OH is 1. The van der Waals surface area contributed by atoms with Crippen LogP contribution in [0.25, 0.3) is 0 Å². The van der Waals surface area contributed by atoms with E-state index in [-0.39, 0.29) is 6.61 Å². The van der Waals surface area contributed by atoms with Crippen LogP contribution >= 0.6 is 0 Å². The standard InChI is InChI=1S/C16H22N2O2/c1-4-16(11-19,14-8-6-5-7-9-14)17-10-15-12(2)18-20-13(15)3/h5-9,17,19H,4,10-11H2,1-3H3/t16-/m0/s1. The molecule has 0 bridgehead atoms. The molecule has 0 spiro atoms. The zero-order valence-electron chi connectivity index (χ0n) is 12.3. The predicted molar refractivity (Wildman–Crippen MR) is 78.3 cm³/mol. The van der Waals surface area contributed by atoms with Crippen molar-refractivity contribution < 1.29 is 9.63 Å². The number of aliphatic hydroxyl groups is 1. The lowest BCUT2D eigenvalue weighted by atomic mass is 9.87. The molecule has 1 atom stereocenters. The van der Waals surface area contributed by atoms with Gasteiger partial charge in [0.1, 0.15) is 5.76 Å². The van der Waals surface area contributed by atoms with Gasteiger partial charge in [0.05, 0.1) is 17.8 Å². The largest absolute Gasteiger partial charge is 0.394 e. The van der Waals surface area contributed by atoms with E-state index in [9.17, 15) is 5.11 Å². The topological polar surface area (TPSA) is 58.3 Å². The molecule has 0 saturated carbocycles. The molecule has 0 radical (unpaired) electrons. The zero-order valence-corrected chi connectivity index (χ0v) is 12.3. The zero-order chi connectivity index (χ0) is 14.6. The van der Waals surface area contributed by atoms with E-state index >= 15 is 0 Å². The highest BCUT2D eigenvalue weighted by molar-refractivity contribution is 5.26. The number of hydrogen-bond donors (Lipinski definition) is 2. The molecule has 4 heteroatoms. The van der Waals surface area contributed by atoms with E-state index in [0.29, 0.717) is 6.54 Å². The van der Waals surface area contributed by atoms with Crippen molar-refractivity contribution in [1.82, 2.24) is 10.5 Å². The van der Waals surface area contributed by atoms with E-state index in [0.717, 1.165) is 29.0 Å². The molecule has 1 aromatic heterocycles. The van der Waals surface area contributed by atoms with Gasteiger partial charge in [-0.2, -0.15) is 0 Å². The van der Waals surface area contributed by atoms with E-state index in [1.54, 1.807) is 0 Å². The fourth-order valence-corrected chi connectivity index (χ4v) is 2.46. The minimum Gasteiger partial charge on any atom is -0.394 e. The molecule has 0 aliphatic heterocycles. The third-order valence-corrected chi connectivity index (χ3v) is 3.98. The lowest BCUT2D eigenvalue weighted by Crippen LogP contribution is -2.44. The summed E-state index contributed by atoms with van der Waals surface area (Å²) in [6.07, 6.45) is 0.802. The summed E-state index contributed by atoms with van der Waals surface area (Å²) in [7, 11) is 0. The molecule has 1 heterocycles. The summed E-state index contributed by atoms with van der Waals surface area (Å²) in [6.45, 7) is 6.60. The molecule has 108 valence electrons. The Morgan fingerprint density at radius 1 is 1.25 bits per heavy atom. The summed E-state index contributed by atoms with van der Waals surface area (Å²) in [4.78, 5) is 0. The van der Waals surface area contributed by atoms with Crippen LogP contribution in [0.4, 0.5) is 0 Å². The molecule has 2 N–H and O–H groups in total. The minimum absolute atomic E-state index is 0.0525. The van der Waals surface area contributed by atoms with Gasteiger partial charge in [0, 0.05) is 12.1 Å². The molecule has 0 unspecified atom stereocenters. The quantitative estimate of drug-likeness (QED) is 0.850. The molecule has 0 fully saturated rings. The average molecular weight is 274 g/mol. The van der Waals surface area contributed by atoms with Crippen molar-refractivity contribution in [2.45, 2.75) is 39.3 Å². The number of rotatable bonds is 6. The molecule has 20 heavy (non-hydrogen) atoms. The van der Waals surface area contributed by atoms with Crippen LogP contribution in [-0.2, 0) is 12.1 Å². The van der Waals surface area contributed by atoms with Gasteiger partial charge >= 0.3 is 0 Å². The Hall–Kier alpha value is -1.65. The predicted octanol–water partition coefficient (Wildman–Crippen LogP) is 2.68. The first-order valence-electron chi connectivity index (χ1n) is 6.96. The molecule has 2 aromatic rings. The van der Waals surface area contributed by atoms with Crippen molar-refractivity contribution in [3.8, 4) is 0 Å². The lowest BCUT2D eigenvalue weighted by molar-refractivity contribution is 0.153. The first kappa shape index (κ1) is 14.8. The molecule has 2 rings (SSSR count). The Balaban J connectivity index is 2.22. The number of nitrogens with zero attached hydrogens (tertiary/aromatic N) is 1. The molecule has 1 aromatic carbocycles. The summed E-state index contributed by atoms with van der Waals surface area (Å²) >= 11 is 0. The molecular formula is C16H22N2O2. The maximum Gasteiger partial charge on any atom is 0.138 e. The van der Waals surface area contributed by atoms with Crippen molar-refractivity contribution in [3.63, 3.8) is 0 Å². The Bertz CT molecular complexity index is 525. The average Bonchev–Trinajstić information content (AvgIpc) is 2.81. The maximum absolute atomic E-state index is 9.90. The van der Waals surface area contributed by atoms with Gasteiger partial charge < -0.3 is 14.9 Å². The highest BCUT2D eigenvalue weighted by Crippen LogP contribution is 2.25. The Morgan fingerprint density at radius 2 is 1.95 bits per heavy atom. The van der Waals surface area contributed by atoms with E-state index in [1.165, 1.54) is 0 Å². The van der Waals surface area contributed by atoms with E-state index in [1.807, 2.05) is 44.2 Å². The van der Waals surface area contributed by atoms with Crippen LogP contribution in [0.5, 0.6) is 0 Å². The van der Waals surface area contributed by atoms with Crippen LogP contribution in [0.1, 0.15) is 35.9 Å². The highest BCUT2D eigenvalue weighted by Gasteiger charge is 2.29. The summed E-state index contributed by atoms with van der Waals surface area (Å²) < 4.78 is 5.18. The fraction of sp³-hybridized carbons (Fsp3) is 0.438. The number of aryl methyl sites for hydroxylation is 2. The monoisotopic (exact) mass is 274 g/mol. The summed E-state index contributed by atoms with van der Waals surface area (Å²) in [6, 6.07) is 10.1. The van der Waals surface area contributed by atoms with Crippen molar-refractivity contribution in [3.05, 3.63) is 52.9 Å². The Kier molecular flexibility index (Phi) is 4.57. The molecular weight excluding hydrogens is 252 g/mol. The second-order valence-corrected chi connectivity index (χ2v) is 5.12. The third-order valence-electron chi connectivity index (χ3n) is 3.98. The van der Waals surface area contributed by atoms with Gasteiger partial charge in [0.25, 0.3) is 0 Å². The molecule has 4 nitrogen and oxygen atoms in total. The summed E-state index contributed by atoms with van der Waals surface area (Å²) in [5, 5.41) is 17.3. The van der Waals surface area contributed by atoms with Gasteiger partial charge in [0.2, 0.25) is 0 Å². The van der Waals surface area contributed by atoms with Crippen LogP contribution in [0.3, 0.4) is 0 Å². The first-order valence-corrected chi connectivity index (χ1v) is 6.96. The third kappa shape index (κ3) is 2.76. The number of aromatic nitrogens is 1. The molecule has 0 saturated heterocycles. The number of hydrogen-bond acceptors (Lipinski definition) is 4. The van der Waals surface area contributed by atoms with Gasteiger partial charge in [-0.1, -0.05) is 42.4 Å². The van der Waals surface area contributed by atoms with Gasteiger partial charge in [-0.15, -0.1) is 0 Å². The normalized spacial score (nSPS) is 14.2. The van der Waals surface area contributed by atoms with Crippen molar-refractivity contribution >= 4 is 0 Å². The van der Waals surface area contributed by atoms with Crippen molar-refractivity contribution in [1.29, 1.82) is 0 Å². The second-order valence-electron chi connectivity index (χ2n) is 5.12. The molecule has 0 amide bonds. The van der Waals surface area contributed by atoms with E-state index in [4.69, 9.17) is 4.52 Å². The summed E-state index contributed by atoms with van der Waals surface area (Å²) in [5.74, 6) is 0.825. The fourth-order valence-electron chi connectivity index (χ4n) is 2.46. The van der Waals surface area contributed by atoms with Crippen LogP contribution in [0.2, 0.25) is 0 Å². The smallest absolute Gasteiger partial charge is 0.138 e. The Morgan fingerprint density at radius 3 is 2.45 bits per heavy atom. The molecule has 0 aliphatic rings. The SMILES string of the molecule is CC[C@@](CO)(NCc1c(C)noc1C)c1ccccc1. The van der Waals surface area contributed by atoms with Gasteiger partial charge in [0.15, 0.2) is 0 Å². The van der Waals surface area contributed by atoms with Crippen molar-refractivity contribution in [2.24, 2.45) is 0 Å². The van der Waals surface area contributed by atoms with Gasteiger partial charge in [-0.05, 0) is 25.8 Å². The van der Waals surface area contributed by atoms with E-state index in [2.05, 4.69) is 17.4 Å². The van der Waals surface area contributed by atoms with Crippen LogP contribution in [-0.4, -0.2) is 16.9 Å². The number of nitrogens with one attached hydrogen (secondary N) is 1. The molecule has 0 aliphatic carbocycles. The van der Waals surface area contributed by atoms with Gasteiger partial charge in [-0.3, -0.25) is 0 Å². The van der Waals surface area contributed by atoms with Crippen LogP contribution in [0.15, 0.2) is 34.9 Å².